The van der Waals surface area contributed by atoms with Crippen molar-refractivity contribution in [1.82, 2.24) is 0 Å². The molecule has 6 heteroatoms. The summed E-state index contributed by atoms with van der Waals surface area (Å²) < 4.78 is 0. The van der Waals surface area contributed by atoms with Crippen LogP contribution in [0.2, 0.25) is 10.0 Å². The average Bonchev–Trinajstić information content (AvgIpc) is 2.95. The van der Waals surface area contributed by atoms with E-state index in [4.69, 9.17) is 23.2 Å². The summed E-state index contributed by atoms with van der Waals surface area (Å²) in [6, 6.07) is 16.7. The topological polar surface area (TPSA) is 57.6 Å². The summed E-state index contributed by atoms with van der Waals surface area (Å²) in [4.78, 5) is 28.0. The quantitative estimate of drug-likeness (QED) is 0.160. The maximum atomic E-state index is 14.7. The van der Waals surface area contributed by atoms with Crippen molar-refractivity contribution in [2.45, 2.75) is 85.0 Å². The Bertz CT molecular complexity index is 1550. The van der Waals surface area contributed by atoms with E-state index in [1.165, 1.54) is 27.2 Å². The van der Waals surface area contributed by atoms with Gasteiger partial charge in [0.2, 0.25) is 5.91 Å². The molecule has 1 N–H and O–H groups in total. The summed E-state index contributed by atoms with van der Waals surface area (Å²) in [6.07, 6.45) is 8.60. The van der Waals surface area contributed by atoms with Crippen molar-refractivity contribution >= 4 is 46.5 Å². The van der Waals surface area contributed by atoms with Crippen LogP contribution in [0.4, 0.5) is 11.4 Å². The number of carboxylic acids is 1. The van der Waals surface area contributed by atoms with Gasteiger partial charge in [0.1, 0.15) is 0 Å². The lowest BCUT2D eigenvalue weighted by atomic mass is 9.71. The zero-order valence-electron chi connectivity index (χ0n) is 26.3. The molecule has 0 fully saturated rings. The molecule has 2 unspecified atom stereocenters. The van der Waals surface area contributed by atoms with Gasteiger partial charge in [0.05, 0.1) is 34.3 Å². The first kappa shape index (κ1) is 33.6. The predicted octanol–water partition coefficient (Wildman–Crippen LogP) is 10.6. The summed E-state index contributed by atoms with van der Waals surface area (Å²) in [7, 11) is 0. The Hall–Kier alpha value is -3.34. The third-order valence-corrected chi connectivity index (χ3v) is 9.25. The third kappa shape index (κ3) is 7.83. The molecule has 0 spiro atoms. The van der Waals surface area contributed by atoms with E-state index >= 15 is 0 Å². The lowest BCUT2D eigenvalue weighted by Gasteiger charge is -2.34. The number of hydrogen-bond donors (Lipinski definition) is 1. The van der Waals surface area contributed by atoms with Crippen LogP contribution < -0.4 is 4.90 Å². The smallest absolute Gasteiger partial charge is 0.307 e. The fourth-order valence-corrected chi connectivity index (χ4v) is 7.14. The maximum Gasteiger partial charge on any atom is 0.307 e. The Balaban J connectivity index is 1.89. The SMILES string of the molecule is C=C(C)C1CCC(C)=CC1c1c(C)cc(CCCCC)cc1CC(=O)N(c1ccccc1CC(=O)O)c1c(Cl)cccc1Cl. The molecule has 1 aliphatic rings. The minimum absolute atomic E-state index is 0.104. The molecule has 0 bridgehead atoms. The number of hydrogen-bond acceptors (Lipinski definition) is 2. The molecule has 3 aromatic carbocycles. The molecule has 0 heterocycles. The van der Waals surface area contributed by atoms with Crippen molar-refractivity contribution in [1.29, 1.82) is 0 Å². The van der Waals surface area contributed by atoms with E-state index in [0.717, 1.165) is 49.7 Å². The highest BCUT2D eigenvalue weighted by Gasteiger charge is 2.31. The number of aliphatic carboxylic acids is 1. The third-order valence-electron chi connectivity index (χ3n) is 8.64. The number of benzene rings is 3. The second-order valence-corrected chi connectivity index (χ2v) is 13.0. The first-order valence-corrected chi connectivity index (χ1v) is 16.3. The number of rotatable bonds is 12. The zero-order valence-corrected chi connectivity index (χ0v) is 27.8. The van der Waals surface area contributed by atoms with E-state index in [2.05, 4.69) is 52.5 Å². The van der Waals surface area contributed by atoms with Crippen LogP contribution >= 0.6 is 23.2 Å². The van der Waals surface area contributed by atoms with E-state index in [-0.39, 0.29) is 30.6 Å². The van der Waals surface area contributed by atoms with E-state index < -0.39 is 5.97 Å². The van der Waals surface area contributed by atoms with Crippen molar-refractivity contribution in [3.05, 3.63) is 116 Å². The monoisotopic (exact) mass is 631 g/mol. The van der Waals surface area contributed by atoms with Gasteiger partial charge in [-0.25, -0.2) is 0 Å². The van der Waals surface area contributed by atoms with Crippen LogP contribution in [-0.2, 0) is 28.9 Å². The number of anilines is 2. The summed E-state index contributed by atoms with van der Waals surface area (Å²) in [5.41, 5.74) is 8.36. The lowest BCUT2D eigenvalue weighted by molar-refractivity contribution is -0.136. The number of amides is 1. The molecule has 4 rings (SSSR count). The number of halogens is 2. The Morgan fingerprint density at radius 3 is 2.34 bits per heavy atom. The molecule has 3 aromatic rings. The fraction of sp³-hybridized carbons (Fsp3) is 0.368. The molecule has 4 nitrogen and oxygen atoms in total. The van der Waals surface area contributed by atoms with Gasteiger partial charge in [0.25, 0.3) is 0 Å². The number of para-hydroxylation sites is 2. The van der Waals surface area contributed by atoms with Gasteiger partial charge < -0.3 is 5.11 Å². The molecule has 1 aliphatic carbocycles. The minimum Gasteiger partial charge on any atom is -0.481 e. The second-order valence-electron chi connectivity index (χ2n) is 12.1. The van der Waals surface area contributed by atoms with Crippen molar-refractivity contribution in [3.63, 3.8) is 0 Å². The molecular formula is C38H43Cl2NO3. The number of allylic oxidation sites excluding steroid dienone is 3. The Morgan fingerprint density at radius 2 is 1.68 bits per heavy atom. The Kier molecular flexibility index (Phi) is 11.5. The lowest BCUT2D eigenvalue weighted by Crippen LogP contribution is -2.30. The van der Waals surface area contributed by atoms with Crippen LogP contribution in [0, 0.1) is 12.8 Å². The molecule has 0 aromatic heterocycles. The summed E-state index contributed by atoms with van der Waals surface area (Å²) >= 11 is 13.4. The van der Waals surface area contributed by atoms with Gasteiger partial charge in [-0.2, -0.15) is 0 Å². The summed E-state index contributed by atoms with van der Waals surface area (Å²) in [6.45, 7) is 13.0. The minimum atomic E-state index is -0.988. The highest BCUT2D eigenvalue weighted by Crippen LogP contribution is 2.44. The van der Waals surface area contributed by atoms with Gasteiger partial charge >= 0.3 is 5.97 Å². The number of unbranched alkanes of at least 4 members (excludes halogenated alkanes) is 2. The van der Waals surface area contributed by atoms with E-state index in [1.54, 1.807) is 42.5 Å². The molecule has 0 aliphatic heterocycles. The summed E-state index contributed by atoms with van der Waals surface area (Å²) in [5.74, 6) is -0.821. The van der Waals surface area contributed by atoms with Gasteiger partial charge in [0.15, 0.2) is 0 Å². The first-order valence-electron chi connectivity index (χ1n) is 15.5. The average molecular weight is 633 g/mol. The number of nitrogens with zero attached hydrogens (tertiary/aromatic N) is 1. The Labute approximate surface area is 272 Å². The van der Waals surface area contributed by atoms with Crippen molar-refractivity contribution in [2.75, 3.05) is 4.90 Å². The van der Waals surface area contributed by atoms with Crippen LogP contribution in [0.5, 0.6) is 0 Å². The fourth-order valence-electron chi connectivity index (χ4n) is 6.57. The molecule has 0 radical (unpaired) electrons. The molecule has 0 saturated heterocycles. The van der Waals surface area contributed by atoms with Gasteiger partial charge in [-0.05, 0) is 98.4 Å². The van der Waals surface area contributed by atoms with E-state index in [0.29, 0.717) is 27.0 Å². The number of carboxylic acid groups (broad SMARTS) is 1. The zero-order chi connectivity index (χ0) is 32.0. The number of carbonyl (C=O) groups is 2. The van der Waals surface area contributed by atoms with Crippen molar-refractivity contribution in [2.24, 2.45) is 5.92 Å². The number of carbonyl (C=O) groups excluding carboxylic acids is 1. The van der Waals surface area contributed by atoms with Crippen LogP contribution in [0.25, 0.3) is 0 Å². The molecular weight excluding hydrogens is 589 g/mol. The molecule has 0 saturated carbocycles. The van der Waals surface area contributed by atoms with Gasteiger partial charge in [-0.15, -0.1) is 0 Å². The molecule has 232 valence electrons. The van der Waals surface area contributed by atoms with Crippen LogP contribution in [-0.4, -0.2) is 17.0 Å². The maximum absolute atomic E-state index is 14.7. The molecule has 2 atom stereocenters. The van der Waals surface area contributed by atoms with Crippen molar-refractivity contribution in [3.8, 4) is 0 Å². The van der Waals surface area contributed by atoms with Gasteiger partial charge in [-0.3, -0.25) is 14.5 Å². The Morgan fingerprint density at radius 1 is 0.977 bits per heavy atom. The van der Waals surface area contributed by atoms with E-state index in [1.807, 2.05) is 0 Å². The standard InChI is InChI=1S/C38H43Cl2NO3/c1-6-7-8-12-27-20-26(5)37(31-19-25(4)17-18-30(31)24(2)3)29(21-27)22-35(42)41(38-32(39)14-11-15-33(38)40)34-16-10-9-13-28(34)23-36(43)44/h9-11,13-16,19-21,30-31H,2,6-8,12,17-18,22-23H2,1,3-5H3,(H,43,44). The molecule has 44 heavy (non-hydrogen) atoms. The van der Waals surface area contributed by atoms with Crippen molar-refractivity contribution < 1.29 is 14.7 Å². The predicted molar refractivity (Wildman–Crippen MR) is 184 cm³/mol. The normalized spacial score (nSPS) is 16.4. The number of aryl methyl sites for hydroxylation is 2. The van der Waals surface area contributed by atoms with E-state index in [9.17, 15) is 14.7 Å². The van der Waals surface area contributed by atoms with Gasteiger partial charge in [-0.1, -0.05) is 103 Å². The van der Waals surface area contributed by atoms with Gasteiger partial charge in [0, 0.05) is 5.92 Å². The van der Waals surface area contributed by atoms with Crippen LogP contribution in [0.3, 0.4) is 0 Å². The second kappa shape index (κ2) is 15.1. The van der Waals surface area contributed by atoms with Crippen LogP contribution in [0.15, 0.2) is 78.4 Å². The molecule has 1 amide bonds. The first-order chi connectivity index (χ1) is 21.0. The van der Waals surface area contributed by atoms with Crippen LogP contribution in [0.1, 0.15) is 86.6 Å². The largest absolute Gasteiger partial charge is 0.481 e. The summed E-state index contributed by atoms with van der Waals surface area (Å²) in [5, 5.41) is 10.3. The highest BCUT2D eigenvalue weighted by atomic mass is 35.5. The highest BCUT2D eigenvalue weighted by molar-refractivity contribution is 6.40.